The Bertz CT molecular complexity index is 645. The van der Waals surface area contributed by atoms with E-state index in [-0.39, 0.29) is 29.6 Å². The third-order valence-electron chi connectivity index (χ3n) is 4.68. The van der Waals surface area contributed by atoms with Gasteiger partial charge in [-0.15, -0.1) is 12.4 Å². The molecule has 1 aromatic rings. The van der Waals surface area contributed by atoms with Crippen LogP contribution in [0.1, 0.15) is 31.1 Å². The van der Waals surface area contributed by atoms with Gasteiger partial charge in [0.1, 0.15) is 11.5 Å². The highest BCUT2D eigenvalue weighted by molar-refractivity contribution is 5.95. The lowest BCUT2D eigenvalue weighted by molar-refractivity contribution is -0.136. The van der Waals surface area contributed by atoms with Crippen molar-refractivity contribution in [1.29, 1.82) is 0 Å². The molecule has 1 saturated heterocycles. The number of hydrogen-bond donors (Lipinski definition) is 1. The number of carbonyl (C=O) groups excluding carboxylic acids is 2. The van der Waals surface area contributed by atoms with Crippen molar-refractivity contribution in [2.45, 2.75) is 26.8 Å². The second-order valence-corrected chi connectivity index (χ2v) is 7.56. The molecule has 1 aliphatic rings. The van der Waals surface area contributed by atoms with Crippen LogP contribution in [0.15, 0.2) is 18.2 Å². The monoisotopic (exact) mass is 399 g/mol. The van der Waals surface area contributed by atoms with Gasteiger partial charge in [0.2, 0.25) is 5.91 Å². The lowest BCUT2D eigenvalue weighted by Crippen LogP contribution is -2.56. The molecule has 1 heterocycles. The van der Waals surface area contributed by atoms with E-state index in [9.17, 15) is 9.59 Å². The minimum Gasteiger partial charge on any atom is -0.497 e. The number of benzene rings is 1. The fraction of sp³-hybridized carbons (Fsp3) is 0.579. The molecule has 0 radical (unpaired) electrons. The third-order valence-corrected chi connectivity index (χ3v) is 4.68. The van der Waals surface area contributed by atoms with Crippen LogP contribution in [0, 0.1) is 5.41 Å². The van der Waals surface area contributed by atoms with Crippen molar-refractivity contribution < 1.29 is 19.1 Å². The van der Waals surface area contributed by atoms with E-state index >= 15 is 0 Å². The molecule has 1 fully saturated rings. The van der Waals surface area contributed by atoms with Crippen LogP contribution in [0.25, 0.3) is 0 Å². The van der Waals surface area contributed by atoms with Crippen molar-refractivity contribution in [2.75, 3.05) is 40.4 Å². The zero-order valence-corrected chi connectivity index (χ0v) is 17.5. The Morgan fingerprint density at radius 2 is 1.41 bits per heavy atom. The number of piperazine rings is 1. The number of hydrogen-bond acceptors (Lipinski definition) is 5. The minimum absolute atomic E-state index is 0. The summed E-state index contributed by atoms with van der Waals surface area (Å²) in [4.78, 5) is 28.8. The molecule has 0 spiro atoms. The van der Waals surface area contributed by atoms with E-state index in [1.807, 2.05) is 20.8 Å². The van der Waals surface area contributed by atoms with Gasteiger partial charge in [0.05, 0.1) is 20.3 Å². The van der Waals surface area contributed by atoms with Crippen LogP contribution in [0.3, 0.4) is 0 Å². The zero-order chi connectivity index (χ0) is 19.5. The second kappa shape index (κ2) is 9.28. The van der Waals surface area contributed by atoms with Crippen molar-refractivity contribution in [3.63, 3.8) is 0 Å². The average Bonchev–Trinajstić information content (AvgIpc) is 2.65. The molecule has 2 amide bonds. The maximum atomic E-state index is 12.8. The van der Waals surface area contributed by atoms with Gasteiger partial charge in [0, 0.05) is 37.8 Å². The van der Waals surface area contributed by atoms with Gasteiger partial charge in [0.25, 0.3) is 5.91 Å². The Morgan fingerprint density at radius 3 is 1.81 bits per heavy atom. The number of ether oxygens (including phenoxy) is 2. The van der Waals surface area contributed by atoms with Crippen LogP contribution in [-0.4, -0.2) is 68.1 Å². The molecule has 0 saturated carbocycles. The summed E-state index contributed by atoms with van der Waals surface area (Å²) in [5, 5.41) is 0. The quantitative estimate of drug-likeness (QED) is 0.834. The van der Waals surface area contributed by atoms with E-state index in [1.54, 1.807) is 42.2 Å². The Hall–Kier alpha value is -1.99. The van der Waals surface area contributed by atoms with Crippen molar-refractivity contribution in [3.8, 4) is 11.5 Å². The Labute approximate surface area is 167 Å². The summed E-state index contributed by atoms with van der Waals surface area (Å²) >= 11 is 0. The molecular formula is C19H30ClN3O4. The molecule has 0 bridgehead atoms. The summed E-state index contributed by atoms with van der Waals surface area (Å²) < 4.78 is 10.4. The normalized spacial score (nSPS) is 15.6. The van der Waals surface area contributed by atoms with Crippen LogP contribution in [0.5, 0.6) is 11.5 Å². The molecule has 7 nitrogen and oxygen atoms in total. The molecular weight excluding hydrogens is 370 g/mol. The van der Waals surface area contributed by atoms with Gasteiger partial charge >= 0.3 is 0 Å². The van der Waals surface area contributed by atoms with Crippen molar-refractivity contribution in [2.24, 2.45) is 11.1 Å². The molecule has 1 aromatic carbocycles. The summed E-state index contributed by atoms with van der Waals surface area (Å²) in [6, 6.07) is 4.56. The first-order chi connectivity index (χ1) is 12.2. The molecule has 8 heteroatoms. The Balaban J connectivity index is 0.00000364. The van der Waals surface area contributed by atoms with Gasteiger partial charge in [-0.2, -0.15) is 0 Å². The molecule has 2 N–H and O–H groups in total. The summed E-state index contributed by atoms with van der Waals surface area (Å²) in [6.45, 7) is 7.76. The molecule has 1 aliphatic heterocycles. The van der Waals surface area contributed by atoms with Gasteiger partial charge in [-0.3, -0.25) is 9.59 Å². The topological polar surface area (TPSA) is 85.1 Å². The smallest absolute Gasteiger partial charge is 0.254 e. The Kier molecular flexibility index (Phi) is 7.92. The van der Waals surface area contributed by atoms with Crippen molar-refractivity contribution in [1.82, 2.24) is 9.80 Å². The van der Waals surface area contributed by atoms with Crippen LogP contribution < -0.4 is 15.2 Å². The zero-order valence-electron chi connectivity index (χ0n) is 16.7. The van der Waals surface area contributed by atoms with Crippen LogP contribution >= 0.6 is 12.4 Å². The maximum Gasteiger partial charge on any atom is 0.254 e. The van der Waals surface area contributed by atoms with E-state index in [0.717, 1.165) is 0 Å². The molecule has 0 unspecified atom stereocenters. The SMILES string of the molecule is COc1cc(OC)cc(C(=O)N2CCN(C(=O)[C@@H](N)C(C)(C)C)CC2)c1.Cl. The fourth-order valence-electron chi connectivity index (χ4n) is 2.81. The highest BCUT2D eigenvalue weighted by Crippen LogP contribution is 2.24. The predicted octanol–water partition coefficient (Wildman–Crippen LogP) is 1.78. The van der Waals surface area contributed by atoms with Crippen LogP contribution in [0.4, 0.5) is 0 Å². The summed E-state index contributed by atoms with van der Waals surface area (Å²) in [5.41, 5.74) is 6.29. The van der Waals surface area contributed by atoms with Gasteiger partial charge in [-0.25, -0.2) is 0 Å². The van der Waals surface area contributed by atoms with E-state index in [2.05, 4.69) is 0 Å². The largest absolute Gasteiger partial charge is 0.497 e. The number of halogens is 1. The van der Waals surface area contributed by atoms with E-state index in [4.69, 9.17) is 15.2 Å². The van der Waals surface area contributed by atoms with E-state index < -0.39 is 6.04 Å². The van der Waals surface area contributed by atoms with Crippen LogP contribution in [0.2, 0.25) is 0 Å². The molecule has 0 aliphatic carbocycles. The predicted molar refractivity (Wildman–Crippen MR) is 107 cm³/mol. The lowest BCUT2D eigenvalue weighted by Gasteiger charge is -2.38. The Morgan fingerprint density at radius 1 is 0.963 bits per heavy atom. The molecule has 1 atom stereocenters. The third kappa shape index (κ3) is 5.49. The van der Waals surface area contributed by atoms with E-state index in [1.165, 1.54) is 0 Å². The average molecular weight is 400 g/mol. The maximum absolute atomic E-state index is 12.8. The first-order valence-corrected chi connectivity index (χ1v) is 8.74. The number of amides is 2. The van der Waals surface area contributed by atoms with Crippen molar-refractivity contribution >= 4 is 24.2 Å². The van der Waals surface area contributed by atoms with Gasteiger partial charge < -0.3 is 25.0 Å². The first-order valence-electron chi connectivity index (χ1n) is 8.74. The number of nitrogens with two attached hydrogens (primary N) is 1. The number of rotatable bonds is 4. The highest BCUT2D eigenvalue weighted by atomic mass is 35.5. The first kappa shape index (κ1) is 23.0. The number of methoxy groups -OCH3 is 2. The fourth-order valence-corrected chi connectivity index (χ4v) is 2.81. The lowest BCUT2D eigenvalue weighted by atomic mass is 9.86. The van der Waals surface area contributed by atoms with E-state index in [0.29, 0.717) is 43.2 Å². The summed E-state index contributed by atoms with van der Waals surface area (Å²) in [7, 11) is 3.09. The minimum atomic E-state index is -0.549. The highest BCUT2D eigenvalue weighted by Gasteiger charge is 2.33. The molecule has 152 valence electrons. The van der Waals surface area contributed by atoms with Crippen LogP contribution in [-0.2, 0) is 4.79 Å². The van der Waals surface area contributed by atoms with Gasteiger partial charge in [0.15, 0.2) is 0 Å². The molecule has 0 aromatic heterocycles. The van der Waals surface area contributed by atoms with Crippen molar-refractivity contribution in [3.05, 3.63) is 23.8 Å². The molecule has 2 rings (SSSR count). The standard InChI is InChI=1S/C19H29N3O4.ClH/c1-19(2,3)16(20)18(24)22-8-6-21(7-9-22)17(23)13-10-14(25-4)12-15(11-13)26-5;/h10-12,16H,6-9,20H2,1-5H3;1H/t16-;/m1./s1. The number of carbonyl (C=O) groups is 2. The van der Waals surface area contributed by atoms with Gasteiger partial charge in [-0.1, -0.05) is 20.8 Å². The summed E-state index contributed by atoms with van der Waals surface area (Å²) in [5.74, 6) is 0.970. The second-order valence-electron chi connectivity index (χ2n) is 7.56. The van der Waals surface area contributed by atoms with Gasteiger partial charge in [-0.05, 0) is 17.5 Å². The molecule has 27 heavy (non-hydrogen) atoms. The summed E-state index contributed by atoms with van der Waals surface area (Å²) in [6.07, 6.45) is 0. The number of nitrogens with zero attached hydrogens (tertiary/aromatic N) is 2.